The fourth-order valence-corrected chi connectivity index (χ4v) is 7.39. The van der Waals surface area contributed by atoms with Gasteiger partial charge in [0.05, 0.1) is 42.4 Å². The summed E-state index contributed by atoms with van der Waals surface area (Å²) in [6.45, 7) is 8.86. The predicted molar refractivity (Wildman–Crippen MR) is 206 cm³/mol. The Bertz CT molecular complexity index is 1790. The molecule has 1 saturated heterocycles. The Hall–Kier alpha value is -4.27. The molecule has 2 aliphatic rings. The minimum absolute atomic E-state index is 0.0131. The molecule has 1 aromatic carbocycles. The molecule has 296 valence electrons. The van der Waals surface area contributed by atoms with Crippen LogP contribution in [0.4, 0.5) is 0 Å². The van der Waals surface area contributed by atoms with E-state index >= 15 is 0 Å². The number of benzene rings is 1. The molecular weight excluding hydrogens is 702 g/mol. The van der Waals surface area contributed by atoms with Gasteiger partial charge < -0.3 is 38.9 Å². The third kappa shape index (κ3) is 11.6. The van der Waals surface area contributed by atoms with E-state index in [-0.39, 0.29) is 25.2 Å². The summed E-state index contributed by atoms with van der Waals surface area (Å²) in [5.41, 5.74) is 2.27. The number of fused-ring (bicyclic) bond motifs is 1. The van der Waals surface area contributed by atoms with Gasteiger partial charge in [0, 0.05) is 35.4 Å². The van der Waals surface area contributed by atoms with Gasteiger partial charge in [-0.2, -0.15) is 5.26 Å². The molecule has 4 rings (SSSR count). The summed E-state index contributed by atoms with van der Waals surface area (Å²) in [6, 6.07) is 11.3. The van der Waals surface area contributed by atoms with Crippen molar-refractivity contribution in [1.82, 2.24) is 9.88 Å². The Morgan fingerprint density at radius 3 is 2.55 bits per heavy atom. The maximum Gasteiger partial charge on any atom is 0.308 e. The molecule has 1 fully saturated rings. The Morgan fingerprint density at radius 1 is 1.11 bits per heavy atom. The Labute approximate surface area is 324 Å². The van der Waals surface area contributed by atoms with Crippen LogP contribution < -0.4 is 0 Å². The van der Waals surface area contributed by atoms with E-state index in [1.54, 1.807) is 46.0 Å². The van der Waals surface area contributed by atoms with E-state index in [1.807, 2.05) is 56.3 Å². The molecule has 55 heavy (non-hydrogen) atoms. The third-order valence-electron chi connectivity index (χ3n) is 10.5. The van der Waals surface area contributed by atoms with Crippen LogP contribution in [-0.2, 0) is 33.3 Å². The quantitative estimate of drug-likeness (QED) is 0.219. The van der Waals surface area contributed by atoms with E-state index in [2.05, 4.69) is 22.9 Å². The molecule has 0 amide bonds. The van der Waals surface area contributed by atoms with E-state index in [9.17, 15) is 29.9 Å². The molecule has 0 aliphatic carbocycles. The van der Waals surface area contributed by atoms with Crippen molar-refractivity contribution in [3.05, 3.63) is 65.9 Å². The molecule has 0 radical (unpaired) electrons. The zero-order chi connectivity index (χ0) is 40.2. The van der Waals surface area contributed by atoms with Crippen molar-refractivity contribution in [3.8, 4) is 17.9 Å². The fourth-order valence-electron chi connectivity index (χ4n) is 7.39. The van der Waals surface area contributed by atoms with Crippen molar-refractivity contribution < 1.29 is 43.5 Å². The molecule has 0 saturated carbocycles. The third-order valence-corrected chi connectivity index (χ3v) is 10.5. The number of aliphatic hydroxyl groups is 2. The highest BCUT2D eigenvalue weighted by molar-refractivity contribution is 5.91. The molecule has 0 spiro atoms. The minimum atomic E-state index is -1.30. The standard InChI is InChI=1S/C43H55N3O9/c1-8-37-33(24-44)20-26(2)15-16-35(48)27(3)21-32(17-18-47)41(28(4)36(49)23-38(50)54-37)55-43-40(51)39(46(6)7)42(29(5)53-43)52-19-11-12-30-22-31-13-9-10-14-34(31)45-25-30/h9-10,13-16,18,20,22,25,27-29,32-33,36-37,39-43,49,51H,8,17,19,21,23H2,1-7H3/b16-15+,26-20+/t27-,28+,29-,32+,33-,36-,37-,39-,40-,41-,42-,43+/m1/s1. The van der Waals surface area contributed by atoms with Crippen LogP contribution in [0.25, 0.3) is 10.9 Å². The number of nitrogens with zero attached hydrogens (tertiary/aromatic N) is 3. The highest BCUT2D eigenvalue weighted by Gasteiger charge is 2.48. The number of aliphatic hydroxyl groups excluding tert-OH is 2. The van der Waals surface area contributed by atoms with Gasteiger partial charge in [-0.3, -0.25) is 14.6 Å². The van der Waals surface area contributed by atoms with Crippen molar-refractivity contribution in [2.24, 2.45) is 23.7 Å². The van der Waals surface area contributed by atoms with Gasteiger partial charge in [0.1, 0.15) is 37.1 Å². The molecule has 3 heterocycles. The number of carbonyl (C=O) groups is 3. The van der Waals surface area contributed by atoms with E-state index in [4.69, 9.17) is 18.9 Å². The second kappa shape index (κ2) is 20.6. The first kappa shape index (κ1) is 43.5. The SMILES string of the molecule is CC[C@H]1OC(=O)C[C@@H](O)[C@H](C)[C@@H](O[C@@H]2O[C@H](C)[C@@H](OCC#Cc3cnc4ccccc4c3)[C@H](N(C)C)[C@H]2O)[C@@H](CC=O)C[C@@H](C)C(=O)/C=C/C(C)=C/[C@@H]1C#N. The number of para-hydroxylation sites is 1. The number of pyridine rings is 1. The maximum absolute atomic E-state index is 13.3. The summed E-state index contributed by atoms with van der Waals surface area (Å²) < 4.78 is 24.8. The number of allylic oxidation sites excluding steroid dienone is 3. The van der Waals surface area contributed by atoms with Gasteiger partial charge >= 0.3 is 5.97 Å². The maximum atomic E-state index is 13.3. The van der Waals surface area contributed by atoms with Crippen molar-refractivity contribution in [2.75, 3.05) is 20.7 Å². The Balaban J connectivity index is 1.58. The summed E-state index contributed by atoms with van der Waals surface area (Å²) in [5, 5.41) is 34.1. The number of aldehydes is 1. The van der Waals surface area contributed by atoms with Crippen LogP contribution in [0.3, 0.4) is 0 Å². The van der Waals surface area contributed by atoms with E-state index in [0.717, 1.165) is 22.8 Å². The Morgan fingerprint density at radius 2 is 1.85 bits per heavy atom. The second-order valence-corrected chi connectivity index (χ2v) is 14.9. The number of aromatic nitrogens is 1. The van der Waals surface area contributed by atoms with Gasteiger partial charge in [0.25, 0.3) is 0 Å². The van der Waals surface area contributed by atoms with Crippen LogP contribution in [0.5, 0.6) is 0 Å². The van der Waals surface area contributed by atoms with E-state index in [0.29, 0.717) is 12.0 Å². The number of esters is 1. The van der Waals surface area contributed by atoms with Crippen LogP contribution in [-0.4, -0.2) is 108 Å². The lowest BCUT2D eigenvalue weighted by Gasteiger charge is -2.47. The number of hydrogen-bond acceptors (Lipinski definition) is 12. The molecule has 2 aromatic rings. The minimum Gasteiger partial charge on any atom is -0.461 e. The molecule has 2 aliphatic heterocycles. The number of likely N-dealkylation sites (N-methyl/N-ethyl adjacent to an activating group) is 1. The average molecular weight is 758 g/mol. The molecule has 12 heteroatoms. The van der Waals surface area contributed by atoms with Crippen LogP contribution in [0.2, 0.25) is 0 Å². The van der Waals surface area contributed by atoms with E-state index < -0.39 is 85.0 Å². The number of rotatable bonds is 8. The van der Waals surface area contributed by atoms with Gasteiger partial charge in [-0.1, -0.05) is 68.5 Å². The molecule has 2 N–H and O–H groups in total. The zero-order valence-electron chi connectivity index (χ0n) is 32.8. The topological polar surface area (TPSA) is 169 Å². The first-order valence-electron chi connectivity index (χ1n) is 19.0. The highest BCUT2D eigenvalue weighted by atomic mass is 16.7. The summed E-state index contributed by atoms with van der Waals surface area (Å²) in [7, 11) is 3.62. The number of carbonyl (C=O) groups excluding carboxylic acids is 3. The lowest BCUT2D eigenvalue weighted by atomic mass is 9.79. The highest BCUT2D eigenvalue weighted by Crippen LogP contribution is 2.35. The van der Waals surface area contributed by atoms with E-state index in [1.165, 1.54) is 6.08 Å². The van der Waals surface area contributed by atoms with Gasteiger partial charge in [0.15, 0.2) is 12.1 Å². The smallest absolute Gasteiger partial charge is 0.308 e. The van der Waals surface area contributed by atoms with Crippen LogP contribution in [0, 0.1) is 46.8 Å². The normalized spacial score (nSPS) is 34.1. The summed E-state index contributed by atoms with van der Waals surface area (Å²) in [6.07, 6.45) is 0.648. The number of cyclic esters (lactones) is 1. The van der Waals surface area contributed by atoms with Gasteiger partial charge in [-0.05, 0) is 64.9 Å². The van der Waals surface area contributed by atoms with Crippen molar-refractivity contribution in [1.29, 1.82) is 5.26 Å². The zero-order valence-corrected chi connectivity index (χ0v) is 32.8. The van der Waals surface area contributed by atoms with Crippen molar-refractivity contribution >= 4 is 28.9 Å². The van der Waals surface area contributed by atoms with Crippen LogP contribution in [0.15, 0.2) is 60.3 Å². The number of hydrogen-bond donors (Lipinski definition) is 2. The number of ether oxygens (including phenoxy) is 4. The summed E-state index contributed by atoms with van der Waals surface area (Å²) >= 11 is 0. The number of ketones is 1. The lowest BCUT2D eigenvalue weighted by molar-refractivity contribution is -0.307. The van der Waals surface area contributed by atoms with Gasteiger partial charge in [-0.25, -0.2) is 0 Å². The average Bonchev–Trinajstić information content (AvgIpc) is 3.16. The lowest BCUT2D eigenvalue weighted by Crippen LogP contribution is -2.64. The largest absolute Gasteiger partial charge is 0.461 e. The van der Waals surface area contributed by atoms with Gasteiger partial charge in [0.2, 0.25) is 0 Å². The summed E-state index contributed by atoms with van der Waals surface area (Å²) in [5.74, 6) is 2.56. The Kier molecular flexibility index (Phi) is 16.3. The van der Waals surface area contributed by atoms with Crippen molar-refractivity contribution in [2.45, 2.75) is 109 Å². The fraction of sp³-hybridized carbons (Fsp3) is 0.558. The van der Waals surface area contributed by atoms with Crippen molar-refractivity contribution in [3.63, 3.8) is 0 Å². The van der Waals surface area contributed by atoms with Gasteiger partial charge in [-0.15, -0.1) is 0 Å². The van der Waals surface area contributed by atoms with Crippen LogP contribution >= 0.6 is 0 Å². The molecular formula is C43H55N3O9. The second-order valence-electron chi connectivity index (χ2n) is 14.9. The monoisotopic (exact) mass is 757 g/mol. The molecule has 0 unspecified atom stereocenters. The first-order chi connectivity index (χ1) is 26.3. The number of nitriles is 1. The summed E-state index contributed by atoms with van der Waals surface area (Å²) in [4.78, 5) is 44.9. The van der Waals surface area contributed by atoms with Crippen LogP contribution in [0.1, 0.15) is 65.9 Å². The first-order valence-corrected chi connectivity index (χ1v) is 19.0. The molecule has 1 aromatic heterocycles. The molecule has 12 atom stereocenters. The predicted octanol–water partition coefficient (Wildman–Crippen LogP) is 4.56. The molecule has 0 bridgehead atoms. The molecule has 12 nitrogen and oxygen atoms in total.